The van der Waals surface area contributed by atoms with Gasteiger partial charge < -0.3 is 25.9 Å². The van der Waals surface area contributed by atoms with Gasteiger partial charge in [0.25, 0.3) is 0 Å². The Kier molecular flexibility index (Phi) is 17.8. The molecule has 0 aromatic heterocycles. The largest absolute Gasteiger partial charge is 3.00 e. The third-order valence-electron chi connectivity index (χ3n) is 2.39. The Morgan fingerprint density at radius 1 is 1.23 bits per heavy atom. The topological polar surface area (TPSA) is 74.7 Å². The molecular formula is C14H20NO4SY2. The maximum Gasteiger partial charge on any atom is 3.00 e. The molecule has 117 valence electrons. The van der Waals surface area contributed by atoms with Crippen LogP contribution in [0.4, 0.5) is 0 Å². The second kappa shape index (κ2) is 14.2. The molecule has 0 aliphatic heterocycles. The first-order chi connectivity index (χ1) is 9.41. The number of sulfonamides is 1. The van der Waals surface area contributed by atoms with E-state index >= 15 is 0 Å². The number of rotatable bonds is 6. The second-order valence-electron chi connectivity index (χ2n) is 3.62. The molecular weight excluding hydrogens is 456 g/mol. The monoisotopic (exact) mass is 476 g/mol. The average molecular weight is 476 g/mol. The van der Waals surface area contributed by atoms with E-state index < -0.39 is 16.0 Å². The van der Waals surface area contributed by atoms with Crippen molar-refractivity contribution in [1.82, 2.24) is 4.31 Å². The molecule has 1 aromatic rings. The van der Waals surface area contributed by atoms with Crippen LogP contribution in [0.25, 0.3) is 0 Å². The molecule has 0 saturated carbocycles. The molecule has 0 amide bonds. The molecule has 5 nitrogen and oxygen atoms in total. The summed E-state index contributed by atoms with van der Waals surface area (Å²) in [5.41, 5.74) is 0.441. The molecule has 0 aliphatic rings. The zero-order valence-electron chi connectivity index (χ0n) is 12.7. The van der Waals surface area contributed by atoms with E-state index in [9.17, 15) is 13.2 Å². The number of carboxylic acids is 1. The van der Waals surface area contributed by atoms with Crippen LogP contribution in [0.1, 0.15) is 12.5 Å². The summed E-state index contributed by atoms with van der Waals surface area (Å²) in [6.07, 6.45) is -0.210. The van der Waals surface area contributed by atoms with Gasteiger partial charge >= 0.3 is 38.7 Å². The minimum atomic E-state index is -3.64. The van der Waals surface area contributed by atoms with Crippen LogP contribution in [-0.2, 0) is 86.7 Å². The molecule has 0 unspecified atom stereocenters. The van der Waals surface area contributed by atoms with Gasteiger partial charge in [0.2, 0.25) is 10.0 Å². The molecule has 8 heteroatoms. The van der Waals surface area contributed by atoms with Crippen LogP contribution < -0.4 is 0 Å². The van der Waals surface area contributed by atoms with Gasteiger partial charge in [0.15, 0.2) is 0 Å². The molecule has 0 fully saturated rings. The van der Waals surface area contributed by atoms with Crippen molar-refractivity contribution >= 4 is 16.0 Å². The first-order valence-electron chi connectivity index (χ1n) is 6.02. The Labute approximate surface area is 184 Å². The van der Waals surface area contributed by atoms with Gasteiger partial charge in [-0.05, 0) is 17.7 Å². The number of hydrogen-bond donors (Lipinski definition) is 1. The molecule has 0 atom stereocenters. The first kappa shape index (κ1) is 27.6. The Balaban J connectivity index is -0.000000864. The van der Waals surface area contributed by atoms with Gasteiger partial charge in [0.05, 0.1) is 11.3 Å². The number of aliphatic carboxylic acids is 1. The van der Waals surface area contributed by atoms with E-state index in [0.717, 1.165) is 4.31 Å². The van der Waals surface area contributed by atoms with Crippen molar-refractivity contribution in [3.63, 3.8) is 0 Å². The first-order valence-corrected chi connectivity index (χ1v) is 7.46. The van der Waals surface area contributed by atoms with E-state index in [2.05, 4.69) is 20.8 Å². The van der Waals surface area contributed by atoms with Crippen molar-refractivity contribution in [3.8, 4) is 0 Å². The second-order valence-corrected chi connectivity index (χ2v) is 5.56. The van der Waals surface area contributed by atoms with Gasteiger partial charge in [-0.1, -0.05) is 12.1 Å². The number of carboxylic acid groups (broad SMARTS) is 1. The fourth-order valence-corrected chi connectivity index (χ4v) is 2.82. The van der Waals surface area contributed by atoms with Gasteiger partial charge in [-0.15, -0.1) is 13.1 Å². The quantitative estimate of drug-likeness (QED) is 0.636. The summed E-state index contributed by atoms with van der Waals surface area (Å²) in [6, 6.07) is 5.89. The van der Waals surface area contributed by atoms with Gasteiger partial charge in [-0.25, -0.2) is 8.42 Å². The third-order valence-corrected chi connectivity index (χ3v) is 4.29. The van der Waals surface area contributed by atoms with E-state index in [4.69, 9.17) is 5.11 Å². The van der Waals surface area contributed by atoms with Crippen molar-refractivity contribution < 1.29 is 83.7 Å². The van der Waals surface area contributed by atoms with Crippen molar-refractivity contribution in [1.29, 1.82) is 0 Å². The SMILES string of the molecule is [CH2-]C.[CH2-]CN(C[CH2-])S(=O)(=O)c1cccc(CC(=O)O)c1.[Y+3].[Y]. The van der Waals surface area contributed by atoms with Crippen LogP contribution in [0.15, 0.2) is 29.2 Å². The number of nitrogens with zero attached hydrogens (tertiary/aromatic N) is 1. The average Bonchev–Trinajstić information content (AvgIpc) is 2.41. The molecule has 0 heterocycles. The summed E-state index contributed by atoms with van der Waals surface area (Å²) in [5.74, 6) is -1.00. The van der Waals surface area contributed by atoms with Crippen LogP contribution in [-0.4, -0.2) is 36.9 Å². The molecule has 1 aromatic carbocycles. The molecule has 1 radical (unpaired) electrons. The van der Waals surface area contributed by atoms with Crippen molar-refractivity contribution in [2.75, 3.05) is 13.1 Å². The maximum atomic E-state index is 12.1. The van der Waals surface area contributed by atoms with Gasteiger partial charge in [0, 0.05) is 32.7 Å². The third kappa shape index (κ3) is 8.60. The van der Waals surface area contributed by atoms with Crippen molar-refractivity contribution in [2.24, 2.45) is 0 Å². The molecule has 0 bridgehead atoms. The van der Waals surface area contributed by atoms with E-state index in [0.29, 0.717) is 5.56 Å². The summed E-state index contributed by atoms with van der Waals surface area (Å²) in [7, 11) is -3.64. The summed E-state index contributed by atoms with van der Waals surface area (Å²) in [6.45, 7) is 12.2. The molecule has 0 saturated heterocycles. The Morgan fingerprint density at radius 2 is 1.73 bits per heavy atom. The number of carbonyl (C=O) groups is 1. The van der Waals surface area contributed by atoms with Gasteiger partial charge in [-0.2, -0.15) is 6.92 Å². The van der Waals surface area contributed by atoms with Crippen LogP contribution in [0.5, 0.6) is 0 Å². The number of hydrogen-bond acceptors (Lipinski definition) is 3. The maximum absolute atomic E-state index is 12.1. The minimum absolute atomic E-state index is 0. The van der Waals surface area contributed by atoms with E-state index in [1.54, 1.807) is 13.0 Å². The van der Waals surface area contributed by atoms with Crippen molar-refractivity contribution in [3.05, 3.63) is 50.6 Å². The predicted octanol–water partition coefficient (Wildman–Crippen LogP) is 1.81. The predicted molar refractivity (Wildman–Crippen MR) is 78.3 cm³/mol. The van der Waals surface area contributed by atoms with Gasteiger partial charge in [-0.3, -0.25) is 9.10 Å². The Hall–Kier alpha value is 0.808. The fourth-order valence-electron chi connectivity index (χ4n) is 1.49. The van der Waals surface area contributed by atoms with E-state index in [1.807, 2.05) is 0 Å². The van der Waals surface area contributed by atoms with Crippen LogP contribution in [0.2, 0.25) is 0 Å². The zero-order chi connectivity index (χ0) is 15.8. The van der Waals surface area contributed by atoms with E-state index in [1.165, 1.54) is 18.2 Å². The standard InChI is InChI=1S/C12H15NO4S.C2H5.2Y/c1-3-13(4-2)18(16,17)11-7-5-6-10(8-11)9-12(14)15;1-2;;/h5-8H,1-4,9H2,(H,14,15);1H2,2H3;;/q-2;-1;;+3. The van der Waals surface area contributed by atoms with Crippen molar-refractivity contribution in [2.45, 2.75) is 18.2 Å². The molecule has 22 heavy (non-hydrogen) atoms. The summed E-state index contributed by atoms with van der Waals surface area (Å²) in [4.78, 5) is 10.7. The Morgan fingerprint density at radius 3 is 2.14 bits per heavy atom. The van der Waals surface area contributed by atoms with Crippen LogP contribution in [0, 0.1) is 20.8 Å². The van der Waals surface area contributed by atoms with Crippen LogP contribution in [0.3, 0.4) is 0 Å². The zero-order valence-corrected chi connectivity index (χ0v) is 19.2. The summed E-state index contributed by atoms with van der Waals surface area (Å²) in [5, 5.41) is 8.68. The Bertz CT molecular complexity index is 531. The smallest absolute Gasteiger partial charge is 0.481 e. The van der Waals surface area contributed by atoms with Crippen LogP contribution >= 0.6 is 0 Å². The van der Waals surface area contributed by atoms with E-state index in [-0.39, 0.29) is 89.8 Å². The normalized spacial score (nSPS) is 9.86. The molecule has 0 aliphatic carbocycles. The fraction of sp³-hybridized carbons (Fsp3) is 0.286. The molecule has 0 spiro atoms. The molecule has 1 N–H and O–H groups in total. The summed E-state index contributed by atoms with van der Waals surface area (Å²) < 4.78 is 25.4. The molecule has 1 rings (SSSR count). The minimum Gasteiger partial charge on any atom is -0.481 e. The van der Waals surface area contributed by atoms with Gasteiger partial charge in [0.1, 0.15) is 0 Å². The summed E-state index contributed by atoms with van der Waals surface area (Å²) >= 11 is 0. The number of benzene rings is 1.